The highest BCUT2D eigenvalue weighted by Gasteiger charge is 2.51. The van der Waals surface area contributed by atoms with E-state index in [9.17, 15) is 14.7 Å². The molecule has 0 saturated carbocycles. The molecule has 0 aliphatic carbocycles. The van der Waals surface area contributed by atoms with Gasteiger partial charge < -0.3 is 9.84 Å². The Hall–Kier alpha value is -1.92. The van der Waals surface area contributed by atoms with Gasteiger partial charge in [0.05, 0.1) is 6.61 Å². The van der Waals surface area contributed by atoms with E-state index < -0.39 is 23.3 Å². The molecule has 0 fully saturated rings. The number of carbonyl (C=O) groups is 2. The molecule has 7 heteroatoms. The minimum absolute atomic E-state index is 0.0309. The summed E-state index contributed by atoms with van der Waals surface area (Å²) >= 11 is 0. The lowest BCUT2D eigenvalue weighted by atomic mass is 9.74. The summed E-state index contributed by atoms with van der Waals surface area (Å²) in [4.78, 5) is 28.2. The Morgan fingerprint density at radius 2 is 2.00 bits per heavy atom. The average molecular weight is 297 g/mol. The van der Waals surface area contributed by atoms with E-state index in [0.717, 1.165) is 0 Å². The Kier molecular flexibility index (Phi) is 5.46. The second kappa shape index (κ2) is 6.69. The highest BCUT2D eigenvalue weighted by atomic mass is 16.5. The van der Waals surface area contributed by atoms with Gasteiger partial charge in [-0.25, -0.2) is 9.67 Å². The van der Waals surface area contributed by atoms with E-state index in [1.165, 1.54) is 6.33 Å². The second-order valence-electron chi connectivity index (χ2n) is 5.54. The van der Waals surface area contributed by atoms with Crippen molar-refractivity contribution in [1.82, 2.24) is 14.8 Å². The monoisotopic (exact) mass is 297 g/mol. The molecule has 1 aromatic rings. The Balaban J connectivity index is 3.27. The maximum atomic E-state index is 12.3. The Bertz CT molecular complexity index is 510. The molecule has 0 bridgehead atoms. The topological polar surface area (TPSA) is 94.3 Å². The molecule has 1 rings (SSSR count). The minimum Gasteiger partial charge on any atom is -0.480 e. The SMILES string of the molecule is CCOC(=O)C(Cc1ncnn1C(C)C)(C(=O)O)C(C)C. The van der Waals surface area contributed by atoms with Crippen molar-refractivity contribution in [2.75, 3.05) is 6.61 Å². The fourth-order valence-corrected chi connectivity index (χ4v) is 2.26. The number of carboxylic acid groups (broad SMARTS) is 1. The Morgan fingerprint density at radius 1 is 1.38 bits per heavy atom. The first-order valence-electron chi connectivity index (χ1n) is 7.06. The van der Waals surface area contributed by atoms with Crippen LogP contribution in [0.3, 0.4) is 0 Å². The summed E-state index contributed by atoms with van der Waals surface area (Å²) in [6.45, 7) is 9.02. The van der Waals surface area contributed by atoms with Crippen LogP contribution in [0.1, 0.15) is 46.5 Å². The Labute approximate surface area is 124 Å². The number of esters is 1. The van der Waals surface area contributed by atoms with Crippen molar-refractivity contribution in [2.24, 2.45) is 11.3 Å². The second-order valence-corrected chi connectivity index (χ2v) is 5.54. The van der Waals surface area contributed by atoms with E-state index >= 15 is 0 Å². The van der Waals surface area contributed by atoms with E-state index in [1.807, 2.05) is 13.8 Å². The van der Waals surface area contributed by atoms with Gasteiger partial charge in [0, 0.05) is 12.5 Å². The molecule has 1 heterocycles. The number of hydrogen-bond donors (Lipinski definition) is 1. The third kappa shape index (κ3) is 3.22. The number of aliphatic carboxylic acids is 1. The van der Waals surface area contributed by atoms with Crippen LogP contribution in [0.4, 0.5) is 0 Å². The van der Waals surface area contributed by atoms with Crippen LogP contribution in [0.2, 0.25) is 0 Å². The lowest BCUT2D eigenvalue weighted by Gasteiger charge is -2.30. The zero-order chi connectivity index (χ0) is 16.2. The van der Waals surface area contributed by atoms with E-state index in [2.05, 4.69) is 10.1 Å². The molecule has 7 nitrogen and oxygen atoms in total. The van der Waals surface area contributed by atoms with E-state index in [1.54, 1.807) is 25.5 Å². The fraction of sp³-hybridized carbons (Fsp3) is 0.714. The molecule has 21 heavy (non-hydrogen) atoms. The third-order valence-electron chi connectivity index (χ3n) is 3.58. The molecule has 0 aromatic carbocycles. The molecular weight excluding hydrogens is 274 g/mol. The number of nitrogens with zero attached hydrogens (tertiary/aromatic N) is 3. The van der Waals surface area contributed by atoms with Gasteiger partial charge in [-0.05, 0) is 26.7 Å². The van der Waals surface area contributed by atoms with Crippen molar-refractivity contribution in [2.45, 2.75) is 47.1 Å². The average Bonchev–Trinajstić information content (AvgIpc) is 2.83. The molecule has 1 N–H and O–H groups in total. The molecular formula is C14H23N3O4. The van der Waals surface area contributed by atoms with E-state index in [-0.39, 0.29) is 19.1 Å². The van der Waals surface area contributed by atoms with Gasteiger partial charge in [0.15, 0.2) is 5.41 Å². The molecule has 0 amide bonds. The summed E-state index contributed by atoms with van der Waals surface area (Å²) in [7, 11) is 0. The van der Waals surface area contributed by atoms with Gasteiger partial charge in [0.2, 0.25) is 0 Å². The van der Waals surface area contributed by atoms with Gasteiger partial charge >= 0.3 is 11.9 Å². The number of aromatic nitrogens is 3. The lowest BCUT2D eigenvalue weighted by molar-refractivity contribution is -0.172. The van der Waals surface area contributed by atoms with E-state index in [4.69, 9.17) is 4.74 Å². The van der Waals surface area contributed by atoms with Crippen molar-refractivity contribution in [3.05, 3.63) is 12.2 Å². The van der Waals surface area contributed by atoms with Gasteiger partial charge in [-0.3, -0.25) is 9.59 Å². The van der Waals surface area contributed by atoms with Crippen LogP contribution in [0.15, 0.2) is 6.33 Å². The highest BCUT2D eigenvalue weighted by molar-refractivity contribution is 5.99. The predicted octanol–water partition coefficient (Wildman–Crippen LogP) is 1.69. The quantitative estimate of drug-likeness (QED) is 0.608. The van der Waals surface area contributed by atoms with Crippen molar-refractivity contribution >= 4 is 11.9 Å². The summed E-state index contributed by atoms with van der Waals surface area (Å²) in [5.41, 5.74) is -1.66. The largest absolute Gasteiger partial charge is 0.480 e. The number of ether oxygens (including phenoxy) is 1. The van der Waals surface area contributed by atoms with Crippen LogP contribution in [0.5, 0.6) is 0 Å². The van der Waals surface area contributed by atoms with Gasteiger partial charge in [-0.1, -0.05) is 13.8 Å². The molecule has 0 radical (unpaired) electrons. The molecule has 0 aliphatic heterocycles. The van der Waals surface area contributed by atoms with Crippen LogP contribution in [-0.4, -0.2) is 38.4 Å². The number of hydrogen-bond acceptors (Lipinski definition) is 5. The highest BCUT2D eigenvalue weighted by Crippen LogP contribution is 2.34. The fourth-order valence-electron chi connectivity index (χ4n) is 2.26. The summed E-state index contributed by atoms with van der Waals surface area (Å²) < 4.78 is 6.63. The van der Waals surface area contributed by atoms with Gasteiger partial charge in [0.25, 0.3) is 0 Å². The number of carbonyl (C=O) groups excluding carboxylic acids is 1. The van der Waals surface area contributed by atoms with E-state index in [0.29, 0.717) is 5.82 Å². The first kappa shape index (κ1) is 17.1. The minimum atomic E-state index is -1.66. The maximum absolute atomic E-state index is 12.3. The summed E-state index contributed by atoms with van der Waals surface area (Å²) in [5, 5.41) is 13.7. The summed E-state index contributed by atoms with van der Waals surface area (Å²) in [6.07, 6.45) is 1.32. The number of carboxylic acids is 1. The van der Waals surface area contributed by atoms with Crippen LogP contribution < -0.4 is 0 Å². The first-order chi connectivity index (χ1) is 9.77. The zero-order valence-corrected chi connectivity index (χ0v) is 13.2. The van der Waals surface area contributed by atoms with Crippen molar-refractivity contribution in [3.63, 3.8) is 0 Å². The van der Waals surface area contributed by atoms with Gasteiger partial charge in [-0.2, -0.15) is 5.10 Å². The first-order valence-corrected chi connectivity index (χ1v) is 7.06. The zero-order valence-electron chi connectivity index (χ0n) is 13.2. The maximum Gasteiger partial charge on any atom is 0.324 e. The molecule has 1 aromatic heterocycles. The van der Waals surface area contributed by atoms with Crippen molar-refractivity contribution in [1.29, 1.82) is 0 Å². The van der Waals surface area contributed by atoms with Crippen LogP contribution >= 0.6 is 0 Å². The number of rotatable bonds is 7. The van der Waals surface area contributed by atoms with Gasteiger partial charge in [-0.15, -0.1) is 0 Å². The summed E-state index contributed by atoms with van der Waals surface area (Å²) in [6, 6.07) is 0.0309. The molecule has 0 saturated heterocycles. The molecule has 0 spiro atoms. The van der Waals surface area contributed by atoms with Crippen LogP contribution in [0, 0.1) is 11.3 Å². The van der Waals surface area contributed by atoms with Crippen molar-refractivity contribution < 1.29 is 19.4 Å². The lowest BCUT2D eigenvalue weighted by Crippen LogP contribution is -2.47. The molecule has 0 aliphatic rings. The molecule has 1 atom stereocenters. The smallest absolute Gasteiger partial charge is 0.324 e. The van der Waals surface area contributed by atoms with Crippen molar-refractivity contribution in [3.8, 4) is 0 Å². The summed E-state index contributed by atoms with van der Waals surface area (Å²) in [5.74, 6) is -1.90. The molecule has 118 valence electrons. The standard InChI is InChI=1S/C14H23N3O4/c1-6-21-13(20)14(9(2)3,12(18)19)7-11-15-8-16-17(11)10(4)5/h8-10H,6-7H2,1-5H3,(H,18,19). The van der Waals surface area contributed by atoms with Crippen LogP contribution in [0.25, 0.3) is 0 Å². The Morgan fingerprint density at radius 3 is 2.43 bits per heavy atom. The van der Waals surface area contributed by atoms with Gasteiger partial charge in [0.1, 0.15) is 12.2 Å². The van der Waals surface area contributed by atoms with Crippen LogP contribution in [-0.2, 0) is 20.7 Å². The molecule has 1 unspecified atom stereocenters. The normalized spacial score (nSPS) is 14.2. The third-order valence-corrected chi connectivity index (χ3v) is 3.58. The predicted molar refractivity (Wildman–Crippen MR) is 75.7 cm³/mol.